The minimum absolute atomic E-state index is 0.231. The van der Waals surface area contributed by atoms with Crippen molar-refractivity contribution in [3.8, 4) is 5.75 Å². The standard InChI is InChI=1S/C13H12N2O/c1-10-4-2-3-5-13(10)15-14-11-6-8-12(16)9-7-11/h2-9,16H,1H3. The number of benzene rings is 2. The van der Waals surface area contributed by atoms with Gasteiger partial charge in [-0.25, -0.2) is 0 Å². The molecule has 0 aliphatic rings. The first-order chi connectivity index (χ1) is 7.75. The van der Waals surface area contributed by atoms with E-state index >= 15 is 0 Å². The molecule has 0 unspecified atom stereocenters. The Labute approximate surface area is 94.1 Å². The van der Waals surface area contributed by atoms with E-state index in [1.165, 1.54) is 0 Å². The number of aryl methyl sites for hydroxylation is 1. The highest BCUT2D eigenvalue weighted by Crippen LogP contribution is 2.22. The van der Waals surface area contributed by atoms with Crippen molar-refractivity contribution in [2.45, 2.75) is 6.92 Å². The van der Waals surface area contributed by atoms with Crippen molar-refractivity contribution in [3.05, 3.63) is 54.1 Å². The lowest BCUT2D eigenvalue weighted by Crippen LogP contribution is -1.71. The Morgan fingerprint density at radius 1 is 0.875 bits per heavy atom. The normalized spacial score (nSPS) is 10.8. The molecule has 1 N–H and O–H groups in total. The number of phenols is 1. The summed E-state index contributed by atoms with van der Waals surface area (Å²) < 4.78 is 0. The Balaban J connectivity index is 2.21. The molecule has 0 atom stereocenters. The van der Waals surface area contributed by atoms with E-state index in [0.717, 1.165) is 16.9 Å². The number of rotatable bonds is 2. The maximum absolute atomic E-state index is 9.11. The molecule has 2 rings (SSSR count). The lowest BCUT2D eigenvalue weighted by Gasteiger charge is -1.97. The van der Waals surface area contributed by atoms with Gasteiger partial charge < -0.3 is 5.11 Å². The summed E-state index contributed by atoms with van der Waals surface area (Å²) in [5.74, 6) is 0.231. The van der Waals surface area contributed by atoms with E-state index in [0.29, 0.717) is 0 Å². The predicted molar refractivity (Wildman–Crippen MR) is 63.5 cm³/mol. The fourth-order valence-electron chi connectivity index (χ4n) is 1.31. The number of hydrogen-bond acceptors (Lipinski definition) is 3. The van der Waals surface area contributed by atoms with Crippen molar-refractivity contribution in [1.29, 1.82) is 0 Å². The highest BCUT2D eigenvalue weighted by Gasteiger charge is 1.94. The number of phenolic OH excluding ortho intramolecular Hbond substituents is 1. The van der Waals surface area contributed by atoms with Gasteiger partial charge in [-0.1, -0.05) is 18.2 Å². The van der Waals surface area contributed by atoms with Gasteiger partial charge in [0.1, 0.15) is 5.75 Å². The van der Waals surface area contributed by atoms with Crippen LogP contribution in [-0.2, 0) is 0 Å². The second-order valence-electron chi connectivity index (χ2n) is 3.50. The van der Waals surface area contributed by atoms with Gasteiger partial charge in [0, 0.05) is 0 Å². The lowest BCUT2D eigenvalue weighted by atomic mass is 10.2. The maximum Gasteiger partial charge on any atom is 0.115 e. The fourth-order valence-corrected chi connectivity index (χ4v) is 1.31. The van der Waals surface area contributed by atoms with E-state index in [4.69, 9.17) is 5.11 Å². The molecule has 80 valence electrons. The Morgan fingerprint density at radius 3 is 2.25 bits per heavy atom. The van der Waals surface area contributed by atoms with Crippen molar-refractivity contribution in [3.63, 3.8) is 0 Å². The number of hydrogen-bond donors (Lipinski definition) is 1. The molecule has 0 amide bonds. The summed E-state index contributed by atoms with van der Waals surface area (Å²) in [5.41, 5.74) is 2.67. The molecule has 0 spiro atoms. The van der Waals surface area contributed by atoms with Crippen LogP contribution < -0.4 is 0 Å². The van der Waals surface area contributed by atoms with Gasteiger partial charge in [-0.15, -0.1) is 0 Å². The van der Waals surface area contributed by atoms with Gasteiger partial charge in [0.2, 0.25) is 0 Å². The average Bonchev–Trinajstić information content (AvgIpc) is 2.30. The third-order valence-electron chi connectivity index (χ3n) is 2.24. The third kappa shape index (κ3) is 2.45. The van der Waals surface area contributed by atoms with Crippen LogP contribution in [0, 0.1) is 6.92 Å². The van der Waals surface area contributed by atoms with Crippen molar-refractivity contribution in [1.82, 2.24) is 0 Å². The molecule has 0 aromatic heterocycles. The van der Waals surface area contributed by atoms with Gasteiger partial charge >= 0.3 is 0 Å². The average molecular weight is 212 g/mol. The molecule has 0 fully saturated rings. The minimum Gasteiger partial charge on any atom is -0.508 e. The van der Waals surface area contributed by atoms with Crippen LogP contribution in [0.5, 0.6) is 5.75 Å². The molecule has 0 radical (unpaired) electrons. The second-order valence-corrected chi connectivity index (χ2v) is 3.50. The van der Waals surface area contributed by atoms with Crippen LogP contribution in [0.4, 0.5) is 11.4 Å². The van der Waals surface area contributed by atoms with Crippen molar-refractivity contribution < 1.29 is 5.11 Å². The second kappa shape index (κ2) is 4.57. The highest BCUT2D eigenvalue weighted by atomic mass is 16.3. The van der Waals surface area contributed by atoms with Gasteiger partial charge in [-0.2, -0.15) is 10.2 Å². The number of azo groups is 1. The molecule has 0 heterocycles. The number of nitrogens with zero attached hydrogens (tertiary/aromatic N) is 2. The van der Waals surface area contributed by atoms with Crippen LogP contribution in [0.25, 0.3) is 0 Å². The summed E-state index contributed by atoms with van der Waals surface area (Å²) >= 11 is 0. The molecule has 0 saturated heterocycles. The van der Waals surface area contributed by atoms with E-state index in [-0.39, 0.29) is 5.75 Å². The number of aromatic hydroxyl groups is 1. The molecule has 16 heavy (non-hydrogen) atoms. The summed E-state index contributed by atoms with van der Waals surface area (Å²) in [6, 6.07) is 14.4. The van der Waals surface area contributed by atoms with Crippen molar-refractivity contribution in [2.75, 3.05) is 0 Å². The Bertz CT molecular complexity index is 504. The molecule has 3 heteroatoms. The highest BCUT2D eigenvalue weighted by molar-refractivity contribution is 5.46. The molecular weight excluding hydrogens is 200 g/mol. The first-order valence-electron chi connectivity index (χ1n) is 5.02. The molecule has 0 aliphatic heterocycles. The maximum atomic E-state index is 9.11. The summed E-state index contributed by atoms with van der Waals surface area (Å²) in [6.45, 7) is 1.99. The third-order valence-corrected chi connectivity index (χ3v) is 2.24. The monoisotopic (exact) mass is 212 g/mol. The first kappa shape index (κ1) is 10.4. The van der Waals surface area contributed by atoms with Crippen LogP contribution in [0.15, 0.2) is 58.8 Å². The molecule has 2 aromatic rings. The van der Waals surface area contributed by atoms with Crippen molar-refractivity contribution in [2.24, 2.45) is 10.2 Å². The van der Waals surface area contributed by atoms with E-state index in [2.05, 4.69) is 10.2 Å². The fraction of sp³-hybridized carbons (Fsp3) is 0.0769. The van der Waals surface area contributed by atoms with E-state index in [1.807, 2.05) is 31.2 Å². The van der Waals surface area contributed by atoms with Crippen LogP contribution in [0.1, 0.15) is 5.56 Å². The molecular formula is C13H12N2O. The van der Waals surface area contributed by atoms with Crippen LogP contribution in [0.3, 0.4) is 0 Å². The topological polar surface area (TPSA) is 45.0 Å². The lowest BCUT2D eigenvalue weighted by molar-refractivity contribution is 0.475. The summed E-state index contributed by atoms with van der Waals surface area (Å²) in [4.78, 5) is 0. The first-order valence-corrected chi connectivity index (χ1v) is 5.02. The summed E-state index contributed by atoms with van der Waals surface area (Å²) in [6.07, 6.45) is 0. The van der Waals surface area contributed by atoms with Gasteiger partial charge in [-0.3, -0.25) is 0 Å². The quantitative estimate of drug-likeness (QED) is 0.748. The van der Waals surface area contributed by atoms with Crippen LogP contribution in [0.2, 0.25) is 0 Å². The van der Waals surface area contributed by atoms with Crippen LogP contribution in [-0.4, -0.2) is 5.11 Å². The van der Waals surface area contributed by atoms with Gasteiger partial charge in [0.15, 0.2) is 0 Å². The molecule has 0 aliphatic carbocycles. The van der Waals surface area contributed by atoms with Crippen LogP contribution >= 0.6 is 0 Å². The van der Waals surface area contributed by atoms with E-state index in [9.17, 15) is 0 Å². The smallest absolute Gasteiger partial charge is 0.115 e. The van der Waals surface area contributed by atoms with Gasteiger partial charge in [0.25, 0.3) is 0 Å². The SMILES string of the molecule is Cc1ccccc1N=Nc1ccc(O)cc1. The minimum atomic E-state index is 0.231. The van der Waals surface area contributed by atoms with Crippen molar-refractivity contribution >= 4 is 11.4 Å². The molecule has 2 aromatic carbocycles. The zero-order valence-electron chi connectivity index (χ0n) is 8.96. The summed E-state index contributed by atoms with van der Waals surface area (Å²) in [7, 11) is 0. The zero-order valence-corrected chi connectivity index (χ0v) is 8.96. The Morgan fingerprint density at radius 2 is 1.56 bits per heavy atom. The molecule has 0 saturated carbocycles. The predicted octanol–water partition coefficient (Wildman–Crippen LogP) is 4.12. The summed E-state index contributed by atoms with van der Waals surface area (Å²) in [5, 5.41) is 17.4. The zero-order chi connectivity index (χ0) is 11.4. The van der Waals surface area contributed by atoms with E-state index < -0.39 is 0 Å². The van der Waals surface area contributed by atoms with Gasteiger partial charge in [-0.05, 0) is 42.8 Å². The largest absolute Gasteiger partial charge is 0.508 e. The van der Waals surface area contributed by atoms with E-state index in [1.54, 1.807) is 24.3 Å². The Kier molecular flexibility index (Phi) is 2.96. The van der Waals surface area contributed by atoms with Gasteiger partial charge in [0.05, 0.1) is 11.4 Å². The molecule has 0 bridgehead atoms. The molecule has 3 nitrogen and oxygen atoms in total. The Hall–Kier alpha value is -2.16.